The molecular formula is C11H15N. The fourth-order valence-corrected chi connectivity index (χ4v) is 1.23. The van der Waals surface area contributed by atoms with E-state index in [2.05, 4.69) is 37.0 Å². The fourth-order valence-electron chi connectivity index (χ4n) is 1.23. The van der Waals surface area contributed by atoms with Crippen LogP contribution in [0.1, 0.15) is 16.7 Å². The third-order valence-electron chi connectivity index (χ3n) is 1.97. The van der Waals surface area contributed by atoms with E-state index >= 15 is 0 Å². The van der Waals surface area contributed by atoms with Crippen molar-refractivity contribution in [1.82, 2.24) is 5.32 Å². The molecule has 0 amide bonds. The van der Waals surface area contributed by atoms with Crippen LogP contribution in [0.25, 0.3) is 6.08 Å². The Morgan fingerprint density at radius 3 is 2.75 bits per heavy atom. The summed E-state index contributed by atoms with van der Waals surface area (Å²) in [5, 5.41) is 3.14. The average Bonchev–Trinajstić information content (AvgIpc) is 2.09. The highest BCUT2D eigenvalue weighted by atomic mass is 14.8. The zero-order chi connectivity index (χ0) is 8.97. The lowest BCUT2D eigenvalue weighted by Gasteiger charge is -2.05. The minimum absolute atomic E-state index is 0.934. The highest BCUT2D eigenvalue weighted by molar-refractivity contribution is 5.49. The first-order valence-corrected chi connectivity index (χ1v) is 4.14. The van der Waals surface area contributed by atoms with Gasteiger partial charge in [0.2, 0.25) is 0 Å². The lowest BCUT2D eigenvalue weighted by atomic mass is 10.1. The summed E-state index contributed by atoms with van der Waals surface area (Å²) < 4.78 is 0. The van der Waals surface area contributed by atoms with Crippen LogP contribution in [0.2, 0.25) is 0 Å². The van der Waals surface area contributed by atoms with Crippen molar-refractivity contribution in [3.8, 4) is 0 Å². The third kappa shape index (κ3) is 1.95. The van der Waals surface area contributed by atoms with Gasteiger partial charge in [0, 0.05) is 6.54 Å². The number of nitrogens with one attached hydrogen (secondary N) is 1. The molecule has 1 rings (SSSR count). The molecule has 1 N–H and O–H groups in total. The third-order valence-corrected chi connectivity index (χ3v) is 1.97. The molecule has 64 valence electrons. The Kier molecular flexibility index (Phi) is 3.06. The van der Waals surface area contributed by atoms with Crippen LogP contribution in [0.3, 0.4) is 0 Å². The molecule has 12 heavy (non-hydrogen) atoms. The van der Waals surface area contributed by atoms with E-state index in [4.69, 9.17) is 0 Å². The van der Waals surface area contributed by atoms with Crippen molar-refractivity contribution in [3.63, 3.8) is 0 Å². The minimum atomic E-state index is 0.934. The predicted octanol–water partition coefficient (Wildman–Crippen LogP) is 2.36. The number of rotatable bonds is 3. The molecule has 0 radical (unpaired) electrons. The molecule has 1 aromatic carbocycles. The van der Waals surface area contributed by atoms with Crippen LogP contribution in [-0.4, -0.2) is 7.05 Å². The van der Waals surface area contributed by atoms with Gasteiger partial charge in [-0.25, -0.2) is 0 Å². The van der Waals surface area contributed by atoms with Gasteiger partial charge in [-0.2, -0.15) is 0 Å². The minimum Gasteiger partial charge on any atom is -0.316 e. The van der Waals surface area contributed by atoms with Crippen molar-refractivity contribution in [2.75, 3.05) is 7.05 Å². The van der Waals surface area contributed by atoms with Crippen molar-refractivity contribution in [1.29, 1.82) is 0 Å². The molecule has 0 aromatic heterocycles. The van der Waals surface area contributed by atoms with E-state index in [1.807, 2.05) is 13.1 Å². The van der Waals surface area contributed by atoms with Gasteiger partial charge >= 0.3 is 0 Å². The van der Waals surface area contributed by atoms with E-state index in [9.17, 15) is 0 Å². The Morgan fingerprint density at radius 2 is 2.25 bits per heavy atom. The summed E-state index contributed by atoms with van der Waals surface area (Å²) in [6.45, 7) is 6.79. The first kappa shape index (κ1) is 9.01. The molecule has 0 saturated carbocycles. The Balaban J connectivity index is 2.94. The van der Waals surface area contributed by atoms with Crippen molar-refractivity contribution in [2.24, 2.45) is 0 Å². The molecule has 0 aliphatic heterocycles. The van der Waals surface area contributed by atoms with Crippen LogP contribution in [0.5, 0.6) is 0 Å². The van der Waals surface area contributed by atoms with E-state index in [0.717, 1.165) is 6.54 Å². The SMILES string of the molecule is C=Cc1ccc(CNC)c(C)c1. The number of benzene rings is 1. The van der Waals surface area contributed by atoms with Gasteiger partial charge in [0.1, 0.15) is 0 Å². The van der Waals surface area contributed by atoms with Crippen molar-refractivity contribution in [3.05, 3.63) is 41.5 Å². The Hall–Kier alpha value is -1.08. The molecule has 0 fully saturated rings. The molecule has 0 saturated heterocycles. The van der Waals surface area contributed by atoms with Crippen LogP contribution >= 0.6 is 0 Å². The lowest BCUT2D eigenvalue weighted by Crippen LogP contribution is -2.06. The molecule has 1 heteroatoms. The summed E-state index contributed by atoms with van der Waals surface area (Å²) in [5.74, 6) is 0. The van der Waals surface area contributed by atoms with Gasteiger partial charge < -0.3 is 5.32 Å². The monoisotopic (exact) mass is 161 g/mol. The number of hydrogen-bond acceptors (Lipinski definition) is 1. The van der Waals surface area contributed by atoms with Crippen molar-refractivity contribution >= 4 is 6.08 Å². The molecular weight excluding hydrogens is 146 g/mol. The fraction of sp³-hybridized carbons (Fsp3) is 0.273. The van der Waals surface area contributed by atoms with Crippen molar-refractivity contribution < 1.29 is 0 Å². The average molecular weight is 161 g/mol. The first-order valence-electron chi connectivity index (χ1n) is 4.14. The zero-order valence-electron chi connectivity index (χ0n) is 7.72. The maximum Gasteiger partial charge on any atom is 0.0205 e. The number of hydrogen-bond donors (Lipinski definition) is 1. The van der Waals surface area contributed by atoms with Gasteiger partial charge in [-0.3, -0.25) is 0 Å². The summed E-state index contributed by atoms with van der Waals surface area (Å²) in [7, 11) is 1.96. The highest BCUT2D eigenvalue weighted by Gasteiger charge is 1.96. The predicted molar refractivity (Wildman–Crippen MR) is 54.0 cm³/mol. The van der Waals surface area contributed by atoms with Crippen molar-refractivity contribution in [2.45, 2.75) is 13.5 Å². The van der Waals surface area contributed by atoms with E-state index in [1.165, 1.54) is 16.7 Å². The normalized spacial score (nSPS) is 9.83. The van der Waals surface area contributed by atoms with Gasteiger partial charge in [0.15, 0.2) is 0 Å². The summed E-state index contributed by atoms with van der Waals surface area (Å²) in [4.78, 5) is 0. The van der Waals surface area contributed by atoms with E-state index in [0.29, 0.717) is 0 Å². The Bertz CT molecular complexity index is 276. The van der Waals surface area contributed by atoms with Crippen LogP contribution in [0, 0.1) is 6.92 Å². The topological polar surface area (TPSA) is 12.0 Å². The second kappa shape index (κ2) is 4.07. The van der Waals surface area contributed by atoms with Crippen LogP contribution < -0.4 is 5.32 Å². The molecule has 0 spiro atoms. The first-order chi connectivity index (χ1) is 5.77. The maximum absolute atomic E-state index is 3.73. The summed E-state index contributed by atoms with van der Waals surface area (Å²) >= 11 is 0. The highest BCUT2D eigenvalue weighted by Crippen LogP contribution is 2.11. The van der Waals surface area contributed by atoms with E-state index in [-0.39, 0.29) is 0 Å². The van der Waals surface area contributed by atoms with Gasteiger partial charge in [-0.1, -0.05) is 30.9 Å². The Labute approximate surface area is 74.1 Å². The Morgan fingerprint density at radius 1 is 1.50 bits per heavy atom. The molecule has 0 bridgehead atoms. The quantitative estimate of drug-likeness (QED) is 0.717. The second-order valence-corrected chi connectivity index (χ2v) is 2.92. The van der Waals surface area contributed by atoms with Gasteiger partial charge in [-0.15, -0.1) is 0 Å². The van der Waals surface area contributed by atoms with Gasteiger partial charge in [0.05, 0.1) is 0 Å². The summed E-state index contributed by atoms with van der Waals surface area (Å²) in [6, 6.07) is 6.38. The standard InChI is InChI=1S/C11H15N/c1-4-10-5-6-11(8-12-3)9(2)7-10/h4-7,12H,1,8H2,2-3H3. The molecule has 0 aliphatic rings. The second-order valence-electron chi connectivity index (χ2n) is 2.92. The van der Waals surface area contributed by atoms with Gasteiger partial charge in [0.25, 0.3) is 0 Å². The molecule has 0 unspecified atom stereocenters. The molecule has 0 heterocycles. The summed E-state index contributed by atoms with van der Waals surface area (Å²) in [6.07, 6.45) is 1.87. The van der Waals surface area contributed by atoms with E-state index in [1.54, 1.807) is 0 Å². The van der Waals surface area contributed by atoms with E-state index < -0.39 is 0 Å². The van der Waals surface area contributed by atoms with Crippen LogP contribution in [0.15, 0.2) is 24.8 Å². The zero-order valence-corrected chi connectivity index (χ0v) is 7.72. The molecule has 0 aliphatic carbocycles. The smallest absolute Gasteiger partial charge is 0.0205 e. The number of aryl methyl sites for hydroxylation is 1. The lowest BCUT2D eigenvalue weighted by molar-refractivity contribution is 0.812. The summed E-state index contributed by atoms with van der Waals surface area (Å²) in [5.41, 5.74) is 3.86. The van der Waals surface area contributed by atoms with Crippen LogP contribution in [-0.2, 0) is 6.54 Å². The molecule has 1 aromatic rings. The molecule has 0 atom stereocenters. The maximum atomic E-state index is 3.73. The molecule has 1 nitrogen and oxygen atoms in total. The van der Waals surface area contributed by atoms with Crippen LogP contribution in [0.4, 0.5) is 0 Å². The largest absolute Gasteiger partial charge is 0.316 e. The van der Waals surface area contributed by atoms with Gasteiger partial charge in [-0.05, 0) is 30.7 Å².